The quantitative estimate of drug-likeness (QED) is 0.555. The number of pyridine rings is 1. The van der Waals surface area contributed by atoms with Gasteiger partial charge in [-0.3, -0.25) is 0 Å². The van der Waals surface area contributed by atoms with Crippen molar-refractivity contribution in [3.8, 4) is 0 Å². The topological polar surface area (TPSA) is 88.8 Å². The van der Waals surface area contributed by atoms with Crippen LogP contribution in [0.3, 0.4) is 0 Å². The van der Waals surface area contributed by atoms with Crippen molar-refractivity contribution in [3.05, 3.63) is 60.4 Å². The van der Waals surface area contributed by atoms with E-state index < -0.39 is 10.0 Å². The van der Waals surface area contributed by atoms with E-state index in [-0.39, 0.29) is 18.1 Å². The van der Waals surface area contributed by atoms with Gasteiger partial charge in [0.2, 0.25) is 10.0 Å². The molecule has 2 atom stereocenters. The van der Waals surface area contributed by atoms with Gasteiger partial charge < -0.3 is 9.64 Å². The third-order valence-electron chi connectivity index (χ3n) is 7.20. The first-order chi connectivity index (χ1) is 16.5. The van der Waals surface area contributed by atoms with Crippen LogP contribution in [-0.2, 0) is 14.8 Å². The van der Waals surface area contributed by atoms with Gasteiger partial charge in [0.1, 0.15) is 12.1 Å². The third kappa shape index (κ3) is 5.42. The fraction of sp³-hybridized carbons (Fsp3) is 0.520. The molecule has 2 aromatic heterocycles. The lowest BCUT2D eigenvalue weighted by atomic mass is 9.82. The van der Waals surface area contributed by atoms with Gasteiger partial charge in [0, 0.05) is 25.0 Å². The van der Waals surface area contributed by atoms with Gasteiger partial charge in [-0.2, -0.15) is 9.61 Å². The monoisotopic (exact) mass is 483 g/mol. The van der Waals surface area contributed by atoms with Crippen molar-refractivity contribution in [1.82, 2.24) is 19.3 Å². The SMILES string of the molecule is CS(=O)(=O)N[C@H]1CCN(c2cccc3ncnn23)C[C@H]1COC1CCC(c2ccccc2)CC1. The number of fused-ring (bicyclic) bond motifs is 1. The molecule has 9 heteroatoms. The summed E-state index contributed by atoms with van der Waals surface area (Å²) in [5.74, 6) is 1.63. The lowest BCUT2D eigenvalue weighted by molar-refractivity contribution is -0.00215. The second kappa shape index (κ2) is 10.0. The summed E-state index contributed by atoms with van der Waals surface area (Å²) in [6.45, 7) is 1.98. The molecule has 8 nitrogen and oxygen atoms in total. The Morgan fingerprint density at radius 2 is 1.82 bits per heavy atom. The highest BCUT2D eigenvalue weighted by atomic mass is 32.2. The van der Waals surface area contributed by atoms with Crippen molar-refractivity contribution in [2.24, 2.45) is 5.92 Å². The molecule has 1 aliphatic heterocycles. The minimum absolute atomic E-state index is 0.0501. The molecule has 5 rings (SSSR count). The minimum Gasteiger partial charge on any atom is -0.378 e. The van der Waals surface area contributed by atoms with Gasteiger partial charge in [-0.05, 0) is 55.7 Å². The number of aromatic nitrogens is 3. The van der Waals surface area contributed by atoms with Crippen LogP contribution in [0.25, 0.3) is 5.65 Å². The van der Waals surface area contributed by atoms with E-state index in [1.165, 1.54) is 11.8 Å². The summed E-state index contributed by atoms with van der Waals surface area (Å²) in [4.78, 5) is 6.56. The number of hydrogen-bond donors (Lipinski definition) is 1. The number of anilines is 1. The number of ether oxygens (including phenoxy) is 1. The van der Waals surface area contributed by atoms with E-state index in [0.717, 1.165) is 43.7 Å². The van der Waals surface area contributed by atoms with Crippen LogP contribution >= 0.6 is 0 Å². The summed E-state index contributed by atoms with van der Waals surface area (Å²) in [5.41, 5.74) is 2.22. The van der Waals surface area contributed by atoms with Gasteiger partial charge in [-0.15, -0.1) is 0 Å². The van der Waals surface area contributed by atoms with E-state index in [9.17, 15) is 8.42 Å². The van der Waals surface area contributed by atoms with E-state index in [0.29, 0.717) is 25.5 Å². The van der Waals surface area contributed by atoms with Gasteiger partial charge >= 0.3 is 0 Å². The Morgan fingerprint density at radius 3 is 2.59 bits per heavy atom. The highest BCUT2D eigenvalue weighted by Crippen LogP contribution is 2.34. The number of sulfonamides is 1. The average Bonchev–Trinajstić information content (AvgIpc) is 3.33. The zero-order valence-electron chi connectivity index (χ0n) is 19.6. The van der Waals surface area contributed by atoms with E-state index in [4.69, 9.17) is 4.74 Å². The van der Waals surface area contributed by atoms with Gasteiger partial charge in [0.15, 0.2) is 5.65 Å². The number of hydrogen-bond acceptors (Lipinski definition) is 6. The summed E-state index contributed by atoms with van der Waals surface area (Å²) in [5, 5.41) is 4.37. The number of nitrogens with one attached hydrogen (secondary N) is 1. The maximum atomic E-state index is 12.0. The fourth-order valence-electron chi connectivity index (χ4n) is 5.46. The van der Waals surface area contributed by atoms with Crippen molar-refractivity contribution < 1.29 is 13.2 Å². The molecule has 3 heterocycles. The lowest BCUT2D eigenvalue weighted by Crippen LogP contribution is -2.53. The van der Waals surface area contributed by atoms with Crippen molar-refractivity contribution in [2.75, 3.05) is 30.9 Å². The van der Waals surface area contributed by atoms with Crippen LogP contribution in [0.15, 0.2) is 54.9 Å². The molecule has 182 valence electrons. The Kier molecular flexibility index (Phi) is 6.85. The molecule has 0 radical (unpaired) electrons. The first-order valence-corrected chi connectivity index (χ1v) is 14.0. The molecule has 0 unspecified atom stereocenters. The highest BCUT2D eigenvalue weighted by Gasteiger charge is 2.33. The van der Waals surface area contributed by atoms with Crippen LogP contribution in [-0.4, -0.2) is 61.1 Å². The molecular weight excluding hydrogens is 450 g/mol. The Bertz CT molecular complexity index is 1190. The molecule has 2 aliphatic rings. The molecule has 1 saturated carbocycles. The van der Waals surface area contributed by atoms with Gasteiger partial charge in [-0.1, -0.05) is 36.4 Å². The van der Waals surface area contributed by atoms with Gasteiger partial charge in [0.05, 0.1) is 19.0 Å². The maximum absolute atomic E-state index is 12.0. The van der Waals surface area contributed by atoms with Gasteiger partial charge in [0.25, 0.3) is 0 Å². The normalized spacial score (nSPS) is 26.1. The molecule has 2 fully saturated rings. The molecule has 1 aromatic carbocycles. The molecule has 0 bridgehead atoms. The number of piperidine rings is 1. The van der Waals surface area contributed by atoms with Crippen molar-refractivity contribution in [2.45, 2.75) is 50.2 Å². The number of benzene rings is 1. The third-order valence-corrected chi connectivity index (χ3v) is 7.93. The van der Waals surface area contributed by atoms with Crippen LogP contribution in [0.4, 0.5) is 5.82 Å². The molecule has 1 saturated heterocycles. The molecule has 34 heavy (non-hydrogen) atoms. The molecule has 3 aromatic rings. The summed E-state index contributed by atoms with van der Waals surface area (Å²) in [7, 11) is -3.30. The zero-order valence-corrected chi connectivity index (χ0v) is 20.4. The molecular formula is C25H33N5O3S. The summed E-state index contributed by atoms with van der Waals surface area (Å²) >= 11 is 0. The van der Waals surface area contributed by atoms with Crippen LogP contribution in [0.5, 0.6) is 0 Å². The Balaban J connectivity index is 1.24. The first kappa shape index (κ1) is 23.3. The Labute approximate surface area is 201 Å². The maximum Gasteiger partial charge on any atom is 0.208 e. The minimum atomic E-state index is -3.30. The van der Waals surface area contributed by atoms with E-state index in [1.807, 2.05) is 22.7 Å². The lowest BCUT2D eigenvalue weighted by Gasteiger charge is -2.40. The van der Waals surface area contributed by atoms with Crippen molar-refractivity contribution in [3.63, 3.8) is 0 Å². The summed E-state index contributed by atoms with van der Waals surface area (Å²) in [6, 6.07) is 16.5. The average molecular weight is 484 g/mol. The molecule has 1 aliphatic carbocycles. The Hall–Kier alpha value is -2.49. The zero-order chi connectivity index (χ0) is 23.5. The molecule has 0 amide bonds. The standard InChI is InChI=1S/C25H33N5O3S/c1-34(31,32)28-23-14-15-29(25-9-5-8-24-26-18-27-30(24)25)16-21(23)17-33-22-12-10-20(11-13-22)19-6-3-2-4-7-19/h2-9,18,20-23,28H,10-17H2,1H3/t20?,21-,22?,23-/m0/s1. The molecule has 0 spiro atoms. The fourth-order valence-corrected chi connectivity index (χ4v) is 6.32. The second-order valence-corrected chi connectivity index (χ2v) is 11.4. The van der Waals surface area contributed by atoms with Crippen molar-refractivity contribution >= 4 is 21.5 Å². The molecule has 1 N–H and O–H groups in total. The van der Waals surface area contributed by atoms with Crippen LogP contribution in [0.1, 0.15) is 43.6 Å². The predicted molar refractivity (Wildman–Crippen MR) is 132 cm³/mol. The van der Waals surface area contributed by atoms with E-state index >= 15 is 0 Å². The first-order valence-electron chi connectivity index (χ1n) is 12.1. The number of nitrogens with zero attached hydrogens (tertiary/aromatic N) is 4. The van der Waals surface area contributed by atoms with Crippen LogP contribution in [0, 0.1) is 5.92 Å². The summed E-state index contributed by atoms with van der Waals surface area (Å²) < 4.78 is 35.2. The Morgan fingerprint density at radius 1 is 1.03 bits per heavy atom. The van der Waals surface area contributed by atoms with Crippen molar-refractivity contribution in [1.29, 1.82) is 0 Å². The van der Waals surface area contributed by atoms with Crippen LogP contribution in [0.2, 0.25) is 0 Å². The highest BCUT2D eigenvalue weighted by molar-refractivity contribution is 7.88. The predicted octanol–water partition coefficient (Wildman–Crippen LogP) is 3.22. The summed E-state index contributed by atoms with van der Waals surface area (Å²) in [6.07, 6.45) is 8.08. The smallest absolute Gasteiger partial charge is 0.208 e. The second-order valence-electron chi connectivity index (χ2n) is 9.62. The van der Waals surface area contributed by atoms with E-state index in [1.54, 1.807) is 6.33 Å². The van der Waals surface area contributed by atoms with Crippen LogP contribution < -0.4 is 9.62 Å². The van der Waals surface area contributed by atoms with E-state index in [2.05, 4.69) is 50.0 Å². The largest absolute Gasteiger partial charge is 0.378 e. The van der Waals surface area contributed by atoms with Gasteiger partial charge in [-0.25, -0.2) is 18.1 Å². The number of rotatable bonds is 7.